The first-order valence-corrected chi connectivity index (χ1v) is 7.71. The summed E-state index contributed by atoms with van der Waals surface area (Å²) in [5, 5.41) is 3.88. The highest BCUT2D eigenvalue weighted by Crippen LogP contribution is 2.30. The van der Waals surface area contributed by atoms with Crippen LogP contribution in [0, 0.1) is 11.8 Å². The van der Waals surface area contributed by atoms with Crippen LogP contribution in [0.25, 0.3) is 0 Å². The lowest BCUT2D eigenvalue weighted by Gasteiger charge is -2.20. The Balaban J connectivity index is 2.49. The first-order chi connectivity index (χ1) is 11.6. The molecule has 4 nitrogen and oxygen atoms in total. The van der Waals surface area contributed by atoms with Gasteiger partial charge in [-0.2, -0.15) is 0 Å². The molecule has 0 N–H and O–H groups in total. The molecule has 24 heavy (non-hydrogen) atoms. The van der Waals surface area contributed by atoms with E-state index in [1.165, 1.54) is 25.4 Å². The van der Waals surface area contributed by atoms with Crippen LogP contribution in [0.3, 0.4) is 0 Å². The van der Waals surface area contributed by atoms with Crippen molar-refractivity contribution in [3.8, 4) is 11.8 Å². The maximum Gasteiger partial charge on any atom is 0.360 e. The first-order valence-electron chi connectivity index (χ1n) is 7.71. The molecule has 1 aromatic rings. The second-order valence-electron chi connectivity index (χ2n) is 5.60. The minimum Gasteiger partial charge on any atom is -0.464 e. The number of nitrogens with zero attached hydrogens (tertiary/aromatic N) is 1. The minimum absolute atomic E-state index is 0.184. The SMILES string of the molecule is CO/N=C(/C(=O)OC)C1=C(C#Cc2ccccc2)CC(C)=C(C)C1. The molecule has 0 aliphatic heterocycles. The largest absolute Gasteiger partial charge is 0.464 e. The van der Waals surface area contributed by atoms with Crippen LogP contribution in [0.5, 0.6) is 0 Å². The summed E-state index contributed by atoms with van der Waals surface area (Å²) in [6.07, 6.45) is 1.31. The van der Waals surface area contributed by atoms with Gasteiger partial charge in [0.25, 0.3) is 0 Å². The Kier molecular flexibility index (Phi) is 5.97. The van der Waals surface area contributed by atoms with E-state index in [-0.39, 0.29) is 5.71 Å². The standard InChI is InChI=1S/C20H21NO3/c1-14-12-17(11-10-16-8-6-5-7-9-16)18(13-15(14)2)19(21-24-4)20(22)23-3/h5-9H,12-13H2,1-4H3/b21-19+. The average Bonchev–Trinajstić information content (AvgIpc) is 2.60. The van der Waals surface area contributed by atoms with Crippen LogP contribution < -0.4 is 0 Å². The number of hydrogen-bond donors (Lipinski definition) is 0. The van der Waals surface area contributed by atoms with E-state index in [1.807, 2.05) is 30.3 Å². The van der Waals surface area contributed by atoms with E-state index >= 15 is 0 Å². The molecule has 4 heteroatoms. The second-order valence-corrected chi connectivity index (χ2v) is 5.60. The molecule has 0 radical (unpaired) electrons. The van der Waals surface area contributed by atoms with Crippen LogP contribution in [0.1, 0.15) is 32.3 Å². The molecule has 0 spiro atoms. The van der Waals surface area contributed by atoms with Crippen molar-refractivity contribution in [3.05, 3.63) is 58.2 Å². The van der Waals surface area contributed by atoms with Crippen LogP contribution in [0.15, 0.2) is 57.8 Å². The molecular weight excluding hydrogens is 302 g/mol. The van der Waals surface area contributed by atoms with Crippen LogP contribution in [-0.4, -0.2) is 25.9 Å². The number of allylic oxidation sites excluding steroid dienone is 3. The Hall–Kier alpha value is -2.80. The Morgan fingerprint density at radius 2 is 1.71 bits per heavy atom. The molecule has 1 aromatic carbocycles. The van der Waals surface area contributed by atoms with Crippen LogP contribution in [-0.2, 0) is 14.4 Å². The third-order valence-corrected chi connectivity index (χ3v) is 3.96. The van der Waals surface area contributed by atoms with Gasteiger partial charge in [-0.1, -0.05) is 46.3 Å². The Morgan fingerprint density at radius 1 is 1.04 bits per heavy atom. The van der Waals surface area contributed by atoms with Crippen molar-refractivity contribution >= 4 is 11.7 Å². The fourth-order valence-electron chi connectivity index (χ4n) is 2.46. The van der Waals surface area contributed by atoms with Gasteiger partial charge in [0.15, 0.2) is 5.71 Å². The van der Waals surface area contributed by atoms with Crippen LogP contribution >= 0.6 is 0 Å². The lowest BCUT2D eigenvalue weighted by Crippen LogP contribution is -2.22. The summed E-state index contributed by atoms with van der Waals surface area (Å²) in [6.45, 7) is 4.14. The van der Waals surface area contributed by atoms with E-state index < -0.39 is 5.97 Å². The zero-order valence-corrected chi connectivity index (χ0v) is 14.5. The first kappa shape index (κ1) is 17.6. The van der Waals surface area contributed by atoms with Gasteiger partial charge in [0.2, 0.25) is 0 Å². The number of hydrogen-bond acceptors (Lipinski definition) is 4. The van der Waals surface area contributed by atoms with Gasteiger partial charge >= 0.3 is 5.97 Å². The fraction of sp³-hybridized carbons (Fsp3) is 0.300. The summed E-state index contributed by atoms with van der Waals surface area (Å²) in [7, 11) is 2.75. The van der Waals surface area contributed by atoms with Gasteiger partial charge in [0.1, 0.15) is 7.11 Å². The Morgan fingerprint density at radius 3 is 2.33 bits per heavy atom. The fourth-order valence-corrected chi connectivity index (χ4v) is 2.46. The lowest BCUT2D eigenvalue weighted by molar-refractivity contribution is -0.132. The zero-order valence-electron chi connectivity index (χ0n) is 14.5. The molecule has 0 saturated carbocycles. The Bertz CT molecular complexity index is 774. The molecule has 0 atom stereocenters. The van der Waals surface area contributed by atoms with Crippen molar-refractivity contribution in [2.75, 3.05) is 14.2 Å². The summed E-state index contributed by atoms with van der Waals surface area (Å²) >= 11 is 0. The maximum absolute atomic E-state index is 12.1. The second kappa shape index (κ2) is 8.16. The van der Waals surface area contributed by atoms with Gasteiger partial charge in [-0.05, 0) is 32.4 Å². The number of ether oxygens (including phenoxy) is 1. The lowest BCUT2D eigenvalue weighted by atomic mass is 9.85. The van der Waals surface area contributed by atoms with E-state index in [0.717, 1.165) is 16.7 Å². The van der Waals surface area contributed by atoms with E-state index in [1.54, 1.807) is 0 Å². The van der Waals surface area contributed by atoms with Gasteiger partial charge in [-0.15, -0.1) is 0 Å². The number of methoxy groups -OCH3 is 1. The molecule has 2 rings (SSSR count). The van der Waals surface area contributed by atoms with Gasteiger partial charge < -0.3 is 9.57 Å². The number of rotatable bonds is 3. The van der Waals surface area contributed by atoms with E-state index in [2.05, 4.69) is 30.8 Å². The monoisotopic (exact) mass is 323 g/mol. The van der Waals surface area contributed by atoms with E-state index in [4.69, 9.17) is 9.57 Å². The predicted molar refractivity (Wildman–Crippen MR) is 94.4 cm³/mol. The third-order valence-electron chi connectivity index (χ3n) is 3.96. The van der Waals surface area contributed by atoms with Crippen molar-refractivity contribution in [1.82, 2.24) is 0 Å². The van der Waals surface area contributed by atoms with Gasteiger partial charge in [0, 0.05) is 23.1 Å². The number of carbonyl (C=O) groups excluding carboxylic acids is 1. The number of esters is 1. The highest BCUT2D eigenvalue weighted by Gasteiger charge is 2.25. The smallest absolute Gasteiger partial charge is 0.360 e. The quantitative estimate of drug-likeness (QED) is 0.280. The normalized spacial score (nSPS) is 14.9. The van der Waals surface area contributed by atoms with Crippen molar-refractivity contribution in [3.63, 3.8) is 0 Å². The molecular formula is C20H21NO3. The van der Waals surface area contributed by atoms with Gasteiger partial charge in [-0.3, -0.25) is 0 Å². The molecule has 0 saturated heterocycles. The van der Waals surface area contributed by atoms with E-state index in [0.29, 0.717) is 12.8 Å². The van der Waals surface area contributed by atoms with Crippen LogP contribution in [0.2, 0.25) is 0 Å². The van der Waals surface area contributed by atoms with Crippen LogP contribution in [0.4, 0.5) is 0 Å². The number of oxime groups is 1. The Labute approximate surface area is 142 Å². The van der Waals surface area contributed by atoms with Gasteiger partial charge in [0.05, 0.1) is 7.11 Å². The molecule has 0 bridgehead atoms. The molecule has 124 valence electrons. The van der Waals surface area contributed by atoms with Crippen molar-refractivity contribution in [2.45, 2.75) is 26.7 Å². The summed E-state index contributed by atoms with van der Waals surface area (Å²) in [6, 6.07) is 9.75. The minimum atomic E-state index is -0.516. The van der Waals surface area contributed by atoms with Crippen molar-refractivity contribution in [1.29, 1.82) is 0 Å². The average molecular weight is 323 g/mol. The maximum atomic E-state index is 12.1. The zero-order chi connectivity index (χ0) is 17.5. The topological polar surface area (TPSA) is 47.9 Å². The van der Waals surface area contributed by atoms with Crippen molar-refractivity contribution < 1.29 is 14.4 Å². The highest BCUT2D eigenvalue weighted by molar-refractivity contribution is 6.43. The summed E-state index contributed by atoms with van der Waals surface area (Å²) in [5.74, 6) is 5.85. The molecule has 0 amide bonds. The van der Waals surface area contributed by atoms with Gasteiger partial charge in [-0.25, -0.2) is 4.79 Å². The molecule has 0 unspecified atom stereocenters. The summed E-state index contributed by atoms with van der Waals surface area (Å²) in [4.78, 5) is 16.9. The summed E-state index contributed by atoms with van der Waals surface area (Å²) in [5.41, 5.74) is 5.24. The molecule has 1 aliphatic carbocycles. The van der Waals surface area contributed by atoms with E-state index in [9.17, 15) is 4.79 Å². The van der Waals surface area contributed by atoms with Crippen molar-refractivity contribution in [2.24, 2.45) is 5.16 Å². The molecule has 0 aromatic heterocycles. The molecule has 1 aliphatic rings. The third kappa shape index (κ3) is 4.14. The highest BCUT2D eigenvalue weighted by atomic mass is 16.6. The number of benzene rings is 1. The molecule has 0 fully saturated rings. The number of carbonyl (C=O) groups is 1. The summed E-state index contributed by atoms with van der Waals surface area (Å²) < 4.78 is 4.84. The predicted octanol–water partition coefficient (Wildman–Crippen LogP) is 3.64. The molecule has 0 heterocycles.